The molecule has 0 aliphatic rings. The molecule has 3 N–H and O–H groups in total. The van der Waals surface area contributed by atoms with Gasteiger partial charge in [0.05, 0.1) is 11.0 Å². The van der Waals surface area contributed by atoms with Crippen LogP contribution in [0.5, 0.6) is 0 Å². The zero-order valence-electron chi connectivity index (χ0n) is 28.6. The number of rotatable bonds is 4. The quantitative estimate of drug-likeness (QED) is 0.192. The fraction of sp³-hybridized carbons (Fsp3) is 0.171. The zero-order chi connectivity index (χ0) is 33.9. The fourth-order valence-electron chi connectivity index (χ4n) is 5.54. The summed E-state index contributed by atoms with van der Waals surface area (Å²) in [6.45, 7) is 17.4. The Kier molecular flexibility index (Phi) is 11.7. The Bertz CT molecular complexity index is 2090. The van der Waals surface area contributed by atoms with E-state index >= 15 is 0 Å². The third-order valence-corrected chi connectivity index (χ3v) is 7.62. The maximum atomic E-state index is 6.87. The van der Waals surface area contributed by atoms with E-state index in [1.54, 1.807) is 12.4 Å². The van der Waals surface area contributed by atoms with Gasteiger partial charge in [-0.15, -0.1) is 6.58 Å². The van der Waals surface area contributed by atoms with Crippen LogP contribution >= 0.6 is 0 Å². The lowest BCUT2D eigenvalue weighted by atomic mass is 10.1. The van der Waals surface area contributed by atoms with Crippen LogP contribution in [0.25, 0.3) is 44.3 Å². The molecule has 0 aliphatic carbocycles. The number of fused-ring (bicyclic) bond motifs is 5. The first-order chi connectivity index (χ1) is 23.0. The minimum atomic E-state index is 0.489. The highest BCUT2D eigenvalue weighted by Gasteiger charge is 2.24. The maximum absolute atomic E-state index is 6.87. The second-order valence-corrected chi connectivity index (χ2v) is 10.7. The number of aromatic nitrogens is 4. The number of hydrogen-bond acceptors (Lipinski definition) is 4. The molecule has 6 heteroatoms. The van der Waals surface area contributed by atoms with Gasteiger partial charge < -0.3 is 11.1 Å². The summed E-state index contributed by atoms with van der Waals surface area (Å²) in [7, 11) is 0. The summed E-state index contributed by atoms with van der Waals surface area (Å²) in [6.07, 6.45) is 7.33. The molecule has 47 heavy (non-hydrogen) atoms. The molecule has 0 radical (unpaired) electrons. The number of nitrogens with zero attached hydrogens (tertiary/aromatic N) is 4. The van der Waals surface area contributed by atoms with Crippen LogP contribution in [0.15, 0.2) is 128 Å². The van der Waals surface area contributed by atoms with Crippen molar-refractivity contribution in [1.29, 1.82) is 0 Å². The van der Waals surface area contributed by atoms with Crippen LogP contribution in [0.4, 0.5) is 17.2 Å². The SMILES string of the molecule is C/C=C\C.C=CC.CC.Cc1cccc(C)c1Nc1ncnc(-n2c3ccccc3c3c4ccccc4n(-c4ccccc4)c32)c1N. The van der Waals surface area contributed by atoms with Crippen molar-refractivity contribution in [1.82, 2.24) is 19.1 Å². The first kappa shape index (κ1) is 34.3. The fourth-order valence-corrected chi connectivity index (χ4v) is 5.54. The van der Waals surface area contributed by atoms with Crippen molar-refractivity contribution in [2.75, 3.05) is 11.1 Å². The van der Waals surface area contributed by atoms with E-state index in [1.165, 1.54) is 10.8 Å². The number of hydrogen-bond donors (Lipinski definition) is 2. The highest BCUT2D eigenvalue weighted by atomic mass is 15.2. The lowest BCUT2D eigenvalue weighted by Gasteiger charge is -2.17. The number of benzene rings is 4. The van der Waals surface area contributed by atoms with Crippen molar-refractivity contribution in [3.05, 3.63) is 139 Å². The monoisotopic (exact) mass is 622 g/mol. The van der Waals surface area contributed by atoms with E-state index in [2.05, 4.69) is 131 Å². The highest BCUT2D eigenvalue weighted by molar-refractivity contribution is 6.22. The summed E-state index contributed by atoms with van der Waals surface area (Å²) < 4.78 is 4.47. The van der Waals surface area contributed by atoms with Crippen LogP contribution in [-0.2, 0) is 0 Å². The molecule has 0 bridgehead atoms. The molecule has 6 nitrogen and oxygen atoms in total. The van der Waals surface area contributed by atoms with Gasteiger partial charge >= 0.3 is 0 Å². The molecule has 0 saturated carbocycles. The molecule has 0 fully saturated rings. The van der Waals surface area contributed by atoms with Gasteiger partial charge in [-0.3, -0.25) is 9.13 Å². The average Bonchev–Trinajstić information content (AvgIpc) is 3.62. The molecule has 0 amide bonds. The number of nitrogen functional groups attached to an aromatic ring is 1. The molecular formula is C41H46N6. The first-order valence-electron chi connectivity index (χ1n) is 16.1. The molecular weight excluding hydrogens is 576 g/mol. The molecule has 4 aromatic carbocycles. The average molecular weight is 623 g/mol. The standard InChI is InChI=1S/C32H26N6.C4H8.C3H6.C2H6/c1-20-11-10-12-21(2)29(20)36-30-28(33)31(35-19-34-30)38-26-18-9-7-16-24(26)27-23-15-6-8-17-25(23)37(32(27)38)22-13-4-3-5-14-22;1-3-4-2;1-3-2;1-2/h3-19H,33H2,1-2H3,(H,34,35,36);3-4H,1-2H3;3H,1H2,2H3;1-2H3/b;4-3-;;. The number of para-hydroxylation sites is 4. The van der Waals surface area contributed by atoms with E-state index in [4.69, 9.17) is 10.7 Å². The van der Waals surface area contributed by atoms with Gasteiger partial charge in [0.1, 0.15) is 17.7 Å². The second kappa shape index (κ2) is 16.1. The predicted octanol–water partition coefficient (Wildman–Crippen LogP) is 11.3. The van der Waals surface area contributed by atoms with Gasteiger partial charge in [-0.2, -0.15) is 0 Å². The van der Waals surface area contributed by atoms with Gasteiger partial charge in [-0.1, -0.05) is 105 Å². The lowest BCUT2D eigenvalue weighted by Crippen LogP contribution is -2.10. The van der Waals surface area contributed by atoms with Crippen LogP contribution in [-0.4, -0.2) is 19.1 Å². The number of anilines is 3. The van der Waals surface area contributed by atoms with Crippen LogP contribution in [0.3, 0.4) is 0 Å². The largest absolute Gasteiger partial charge is 0.393 e. The predicted molar refractivity (Wildman–Crippen MR) is 205 cm³/mol. The van der Waals surface area contributed by atoms with Crippen molar-refractivity contribution in [3.8, 4) is 11.5 Å². The Morgan fingerprint density at radius 1 is 0.681 bits per heavy atom. The van der Waals surface area contributed by atoms with Crippen LogP contribution in [0.1, 0.15) is 45.7 Å². The lowest BCUT2D eigenvalue weighted by molar-refractivity contribution is 1.00. The molecule has 3 aromatic heterocycles. The molecule has 0 atom stereocenters. The first-order valence-corrected chi connectivity index (χ1v) is 16.1. The molecule has 0 unspecified atom stereocenters. The molecule has 7 rings (SSSR count). The van der Waals surface area contributed by atoms with Crippen molar-refractivity contribution in [3.63, 3.8) is 0 Å². The van der Waals surface area contributed by atoms with Gasteiger partial charge in [-0.05, 0) is 70.0 Å². The molecule has 7 aromatic rings. The highest BCUT2D eigenvalue weighted by Crippen LogP contribution is 2.41. The van der Waals surface area contributed by atoms with E-state index in [1.807, 2.05) is 52.8 Å². The third kappa shape index (κ3) is 6.82. The maximum Gasteiger partial charge on any atom is 0.167 e. The third-order valence-electron chi connectivity index (χ3n) is 7.62. The summed E-state index contributed by atoms with van der Waals surface area (Å²) >= 11 is 0. The molecule has 0 saturated heterocycles. The van der Waals surface area contributed by atoms with E-state index in [-0.39, 0.29) is 0 Å². The Balaban J connectivity index is 0.000000503. The summed E-state index contributed by atoms with van der Waals surface area (Å²) in [5.74, 6) is 1.22. The van der Waals surface area contributed by atoms with Crippen LogP contribution < -0.4 is 11.1 Å². The topological polar surface area (TPSA) is 73.7 Å². The Labute approximate surface area is 278 Å². The summed E-state index contributed by atoms with van der Waals surface area (Å²) in [5, 5.41) is 6.98. The van der Waals surface area contributed by atoms with Gasteiger partial charge in [0.15, 0.2) is 11.6 Å². The van der Waals surface area contributed by atoms with Crippen molar-refractivity contribution < 1.29 is 0 Å². The summed E-state index contributed by atoms with van der Waals surface area (Å²) in [4.78, 5) is 9.29. The van der Waals surface area contributed by atoms with Crippen molar-refractivity contribution in [2.45, 2.75) is 48.5 Å². The molecule has 240 valence electrons. The van der Waals surface area contributed by atoms with Gasteiger partial charge in [-0.25, -0.2) is 9.97 Å². The van der Waals surface area contributed by atoms with Gasteiger partial charge in [0.2, 0.25) is 0 Å². The number of nitrogens with one attached hydrogen (secondary N) is 1. The van der Waals surface area contributed by atoms with E-state index in [0.717, 1.165) is 44.6 Å². The zero-order valence-corrected chi connectivity index (χ0v) is 28.6. The van der Waals surface area contributed by atoms with Gasteiger partial charge in [0, 0.05) is 27.5 Å². The summed E-state index contributed by atoms with van der Waals surface area (Å²) in [6, 6.07) is 33.6. The van der Waals surface area contributed by atoms with Crippen LogP contribution in [0, 0.1) is 13.8 Å². The van der Waals surface area contributed by atoms with Crippen LogP contribution in [0.2, 0.25) is 0 Å². The smallest absolute Gasteiger partial charge is 0.167 e. The van der Waals surface area contributed by atoms with E-state index < -0.39 is 0 Å². The van der Waals surface area contributed by atoms with Crippen molar-refractivity contribution in [2.24, 2.45) is 0 Å². The second-order valence-electron chi connectivity index (χ2n) is 10.7. The molecule has 3 heterocycles. The normalized spacial score (nSPS) is 10.5. The Morgan fingerprint density at radius 3 is 1.74 bits per heavy atom. The van der Waals surface area contributed by atoms with E-state index in [0.29, 0.717) is 17.3 Å². The molecule has 0 aliphatic heterocycles. The Hall–Kier alpha value is -5.62. The number of aryl methyl sites for hydroxylation is 2. The number of nitrogens with two attached hydrogens (primary N) is 1. The van der Waals surface area contributed by atoms with Gasteiger partial charge in [0.25, 0.3) is 0 Å². The van der Waals surface area contributed by atoms with E-state index in [9.17, 15) is 0 Å². The van der Waals surface area contributed by atoms with Crippen molar-refractivity contribution >= 4 is 50.0 Å². The minimum absolute atomic E-state index is 0.489. The number of allylic oxidation sites excluding steroid dienone is 3. The summed E-state index contributed by atoms with van der Waals surface area (Å²) in [5.41, 5.74) is 14.9. The Morgan fingerprint density at radius 2 is 1.19 bits per heavy atom. The molecule has 0 spiro atoms. The minimum Gasteiger partial charge on any atom is -0.393 e.